The summed E-state index contributed by atoms with van der Waals surface area (Å²) in [5.74, 6) is -1.14. The van der Waals surface area contributed by atoms with E-state index >= 15 is 0 Å². The lowest BCUT2D eigenvalue weighted by molar-refractivity contribution is -0.516. The zero-order valence-electron chi connectivity index (χ0n) is 9.10. The maximum atomic E-state index is 12.3. The van der Waals surface area contributed by atoms with Gasteiger partial charge in [0, 0.05) is 10.5 Å². The van der Waals surface area contributed by atoms with Crippen molar-refractivity contribution in [2.45, 2.75) is 12.2 Å². The lowest BCUT2D eigenvalue weighted by atomic mass is 10.1. The highest BCUT2D eigenvalue weighted by atomic mass is 19.4. The summed E-state index contributed by atoms with van der Waals surface area (Å²) in [6.07, 6.45) is -4.53. The van der Waals surface area contributed by atoms with Crippen LogP contribution in [0.2, 0.25) is 0 Å². The molecule has 0 saturated heterocycles. The second-order valence-corrected chi connectivity index (χ2v) is 3.33. The summed E-state index contributed by atoms with van der Waals surface area (Å²) >= 11 is 0. The number of alkyl halides is 3. The van der Waals surface area contributed by atoms with E-state index in [4.69, 9.17) is 0 Å². The molecule has 0 spiro atoms. The van der Waals surface area contributed by atoms with Gasteiger partial charge in [0.05, 0.1) is 12.7 Å². The fraction of sp³-hybridized carbons (Fsp3) is 0.300. The number of carbonyl (C=O) groups is 1. The quantitative estimate of drug-likeness (QED) is 0.476. The van der Waals surface area contributed by atoms with Crippen molar-refractivity contribution in [2.24, 2.45) is 0 Å². The van der Waals surface area contributed by atoms with Crippen LogP contribution in [0, 0.1) is 10.1 Å². The Kier molecular flexibility index (Phi) is 3.89. The molecular weight excluding hydrogens is 255 g/mol. The molecule has 98 valence electrons. The van der Waals surface area contributed by atoms with Gasteiger partial charge >= 0.3 is 18.2 Å². The normalized spacial score (nSPS) is 12.9. The van der Waals surface area contributed by atoms with Crippen LogP contribution in [-0.2, 0) is 15.7 Å². The molecular formula is C10H8F3NO4. The molecule has 0 aliphatic heterocycles. The van der Waals surface area contributed by atoms with E-state index in [2.05, 4.69) is 4.74 Å². The van der Waals surface area contributed by atoms with Crippen LogP contribution in [0.25, 0.3) is 0 Å². The van der Waals surface area contributed by atoms with E-state index in [1.54, 1.807) is 0 Å². The SMILES string of the molecule is COC(=O)C(c1ccc(C(F)(F)F)cc1)[N+](=O)[O-]. The fourth-order valence-corrected chi connectivity index (χ4v) is 1.31. The van der Waals surface area contributed by atoms with Crippen LogP contribution >= 0.6 is 0 Å². The molecule has 0 bridgehead atoms. The average molecular weight is 263 g/mol. The number of hydrogen-bond donors (Lipinski definition) is 0. The molecule has 1 atom stereocenters. The molecule has 5 nitrogen and oxygen atoms in total. The van der Waals surface area contributed by atoms with Crippen LogP contribution in [0.3, 0.4) is 0 Å². The van der Waals surface area contributed by atoms with E-state index in [1.165, 1.54) is 0 Å². The lowest BCUT2D eigenvalue weighted by Crippen LogP contribution is -2.22. The van der Waals surface area contributed by atoms with Crippen LogP contribution in [0.4, 0.5) is 13.2 Å². The van der Waals surface area contributed by atoms with Crippen LogP contribution in [-0.4, -0.2) is 18.0 Å². The standard InChI is InChI=1S/C10H8F3NO4/c1-18-9(15)8(14(16)17)6-2-4-7(5-3-6)10(11,12)13/h2-5,8H,1H3. The Bertz CT molecular complexity index is 455. The molecule has 0 fully saturated rings. The Morgan fingerprint density at radius 3 is 2.17 bits per heavy atom. The first-order valence-corrected chi connectivity index (χ1v) is 4.66. The van der Waals surface area contributed by atoms with Crippen LogP contribution in [0.5, 0.6) is 0 Å². The van der Waals surface area contributed by atoms with Gasteiger partial charge in [0.1, 0.15) is 0 Å². The lowest BCUT2D eigenvalue weighted by Gasteiger charge is -2.09. The first-order valence-electron chi connectivity index (χ1n) is 4.66. The summed E-state index contributed by atoms with van der Waals surface area (Å²) in [6.45, 7) is 0. The minimum absolute atomic E-state index is 0.167. The van der Waals surface area contributed by atoms with Crippen molar-refractivity contribution in [1.29, 1.82) is 0 Å². The van der Waals surface area contributed by atoms with Crippen LogP contribution < -0.4 is 0 Å². The third-order valence-corrected chi connectivity index (χ3v) is 2.19. The molecule has 1 aromatic rings. The zero-order chi connectivity index (χ0) is 13.9. The molecule has 0 heterocycles. The third-order valence-electron chi connectivity index (χ3n) is 2.19. The first-order chi connectivity index (χ1) is 8.27. The minimum Gasteiger partial charge on any atom is -0.464 e. The maximum absolute atomic E-state index is 12.3. The highest BCUT2D eigenvalue weighted by Gasteiger charge is 2.35. The number of carbonyl (C=O) groups excluding carboxylic acids is 1. The number of hydrogen-bond acceptors (Lipinski definition) is 4. The zero-order valence-corrected chi connectivity index (χ0v) is 9.10. The monoisotopic (exact) mass is 263 g/mol. The first kappa shape index (κ1) is 13.9. The summed E-state index contributed by atoms with van der Waals surface area (Å²) in [7, 11) is 0.961. The summed E-state index contributed by atoms with van der Waals surface area (Å²) in [6, 6.07) is 1.29. The number of methoxy groups -OCH3 is 1. The Balaban J connectivity index is 3.09. The van der Waals surface area contributed by atoms with Gasteiger partial charge in [0.2, 0.25) is 0 Å². The van der Waals surface area contributed by atoms with Gasteiger partial charge in [-0.25, -0.2) is 4.79 Å². The largest absolute Gasteiger partial charge is 0.464 e. The van der Waals surface area contributed by atoms with E-state index in [9.17, 15) is 28.1 Å². The highest BCUT2D eigenvalue weighted by molar-refractivity contribution is 5.76. The molecule has 1 aromatic carbocycles. The number of benzene rings is 1. The summed E-state index contributed by atoms with van der Waals surface area (Å²) in [4.78, 5) is 20.9. The van der Waals surface area contributed by atoms with Crippen molar-refractivity contribution < 1.29 is 27.6 Å². The third kappa shape index (κ3) is 2.96. The van der Waals surface area contributed by atoms with Crippen LogP contribution in [0.1, 0.15) is 17.2 Å². The molecule has 0 N–H and O–H groups in total. The predicted octanol–water partition coefficient (Wildman–Crippen LogP) is 2.20. The molecule has 0 aliphatic carbocycles. The Morgan fingerprint density at radius 2 is 1.83 bits per heavy atom. The van der Waals surface area contributed by atoms with Crippen molar-refractivity contribution in [2.75, 3.05) is 7.11 Å². The van der Waals surface area contributed by atoms with E-state index in [0.717, 1.165) is 19.2 Å². The van der Waals surface area contributed by atoms with Gasteiger partial charge in [-0.05, 0) is 12.1 Å². The number of ether oxygens (including phenoxy) is 1. The molecule has 0 amide bonds. The summed E-state index contributed by atoms with van der Waals surface area (Å²) < 4.78 is 41.1. The number of halogens is 3. The summed E-state index contributed by atoms with van der Waals surface area (Å²) in [5, 5.41) is 10.7. The number of esters is 1. The molecule has 0 aliphatic rings. The van der Waals surface area contributed by atoms with Crippen molar-refractivity contribution in [3.63, 3.8) is 0 Å². The molecule has 8 heteroatoms. The van der Waals surface area contributed by atoms with Crippen molar-refractivity contribution in [1.82, 2.24) is 0 Å². The minimum atomic E-state index is -4.53. The topological polar surface area (TPSA) is 69.4 Å². The molecule has 0 saturated carbocycles. The maximum Gasteiger partial charge on any atom is 0.416 e. The van der Waals surface area contributed by atoms with Gasteiger partial charge in [-0.1, -0.05) is 12.1 Å². The second kappa shape index (κ2) is 5.03. The Morgan fingerprint density at radius 1 is 1.33 bits per heavy atom. The van der Waals surface area contributed by atoms with E-state index in [0.29, 0.717) is 12.1 Å². The van der Waals surface area contributed by atoms with Gasteiger partial charge in [-0.2, -0.15) is 13.2 Å². The van der Waals surface area contributed by atoms with Crippen molar-refractivity contribution in [3.8, 4) is 0 Å². The van der Waals surface area contributed by atoms with Crippen LogP contribution in [0.15, 0.2) is 24.3 Å². The molecule has 18 heavy (non-hydrogen) atoms. The highest BCUT2D eigenvalue weighted by Crippen LogP contribution is 2.30. The number of rotatable bonds is 3. The second-order valence-electron chi connectivity index (χ2n) is 3.33. The van der Waals surface area contributed by atoms with Crippen molar-refractivity contribution in [3.05, 3.63) is 45.5 Å². The molecule has 0 aromatic heterocycles. The number of nitrogens with zero attached hydrogens (tertiary/aromatic N) is 1. The van der Waals surface area contributed by atoms with Gasteiger partial charge in [-0.3, -0.25) is 10.1 Å². The smallest absolute Gasteiger partial charge is 0.416 e. The molecule has 1 unspecified atom stereocenters. The van der Waals surface area contributed by atoms with Gasteiger partial charge < -0.3 is 4.74 Å². The summed E-state index contributed by atoms with van der Waals surface area (Å²) in [5.41, 5.74) is -1.11. The molecule has 1 rings (SSSR count). The van der Waals surface area contributed by atoms with E-state index in [1.807, 2.05) is 0 Å². The van der Waals surface area contributed by atoms with Crippen molar-refractivity contribution >= 4 is 5.97 Å². The van der Waals surface area contributed by atoms with E-state index in [-0.39, 0.29) is 5.56 Å². The number of nitro groups is 1. The Labute approximate surface area is 99.3 Å². The van der Waals surface area contributed by atoms with Gasteiger partial charge in [0.15, 0.2) is 0 Å². The molecule has 0 radical (unpaired) electrons. The average Bonchev–Trinajstić information content (AvgIpc) is 2.28. The van der Waals surface area contributed by atoms with Gasteiger partial charge in [0.25, 0.3) is 0 Å². The van der Waals surface area contributed by atoms with Gasteiger partial charge in [-0.15, -0.1) is 0 Å². The Hall–Kier alpha value is -2.12. The predicted molar refractivity (Wildman–Crippen MR) is 53.2 cm³/mol. The fourth-order valence-electron chi connectivity index (χ4n) is 1.31. The van der Waals surface area contributed by atoms with E-state index < -0.39 is 28.7 Å².